The van der Waals surface area contributed by atoms with Gasteiger partial charge in [0.15, 0.2) is 0 Å². The van der Waals surface area contributed by atoms with E-state index in [4.69, 9.17) is 10.00 Å². The summed E-state index contributed by atoms with van der Waals surface area (Å²) in [5, 5.41) is 12.2. The molecular weight excluding hydrogens is 378 g/mol. The Morgan fingerprint density at radius 1 is 1.17 bits per heavy atom. The van der Waals surface area contributed by atoms with Crippen molar-refractivity contribution in [1.82, 2.24) is 14.5 Å². The van der Waals surface area contributed by atoms with E-state index in [2.05, 4.69) is 21.4 Å². The minimum absolute atomic E-state index is 0.0707. The van der Waals surface area contributed by atoms with Crippen LogP contribution in [0, 0.1) is 11.3 Å². The van der Waals surface area contributed by atoms with Crippen LogP contribution in [0.4, 0.5) is 5.95 Å². The number of hydrogen-bond acceptors (Lipinski definition) is 6. The molecule has 7 nitrogen and oxygen atoms in total. The predicted molar refractivity (Wildman–Crippen MR) is 114 cm³/mol. The number of anilines is 1. The average Bonchev–Trinajstić information content (AvgIpc) is 2.79. The number of benzene rings is 1. The first kappa shape index (κ1) is 19.8. The lowest BCUT2D eigenvalue weighted by Gasteiger charge is -2.23. The Bertz CT molecular complexity index is 1100. The van der Waals surface area contributed by atoms with Gasteiger partial charge in [0, 0.05) is 49.8 Å². The van der Waals surface area contributed by atoms with Gasteiger partial charge < -0.3 is 14.6 Å². The Labute approximate surface area is 175 Å². The fourth-order valence-corrected chi connectivity index (χ4v) is 3.46. The van der Waals surface area contributed by atoms with E-state index in [-0.39, 0.29) is 5.56 Å². The summed E-state index contributed by atoms with van der Waals surface area (Å²) in [6.45, 7) is 2.07. The number of rotatable bonds is 6. The predicted octanol–water partition coefficient (Wildman–Crippen LogP) is 3.01. The van der Waals surface area contributed by atoms with Gasteiger partial charge in [-0.1, -0.05) is 12.1 Å². The van der Waals surface area contributed by atoms with Gasteiger partial charge in [-0.15, -0.1) is 0 Å². The second-order valence-electron chi connectivity index (χ2n) is 7.30. The Kier molecular flexibility index (Phi) is 6.16. The Hall–Kier alpha value is -3.50. The van der Waals surface area contributed by atoms with Crippen molar-refractivity contribution < 1.29 is 4.74 Å². The number of aromatic nitrogens is 3. The summed E-state index contributed by atoms with van der Waals surface area (Å²) in [6, 6.07) is 15.2. The Balaban J connectivity index is 1.44. The molecule has 1 fully saturated rings. The topological polar surface area (TPSA) is 92.8 Å². The van der Waals surface area contributed by atoms with Crippen LogP contribution >= 0.6 is 0 Å². The summed E-state index contributed by atoms with van der Waals surface area (Å²) in [4.78, 5) is 21.5. The minimum atomic E-state index is -0.0707. The molecule has 1 N–H and O–H groups in total. The third-order valence-corrected chi connectivity index (χ3v) is 5.23. The van der Waals surface area contributed by atoms with Crippen molar-refractivity contribution in [2.75, 3.05) is 18.5 Å². The second kappa shape index (κ2) is 9.33. The first-order chi connectivity index (χ1) is 14.7. The zero-order valence-electron chi connectivity index (χ0n) is 16.6. The summed E-state index contributed by atoms with van der Waals surface area (Å²) in [7, 11) is 0. The van der Waals surface area contributed by atoms with Crippen LogP contribution in [0.2, 0.25) is 0 Å². The second-order valence-corrected chi connectivity index (χ2v) is 7.30. The molecule has 0 amide bonds. The van der Waals surface area contributed by atoms with Crippen molar-refractivity contribution in [3.05, 3.63) is 76.3 Å². The smallest absolute Gasteiger partial charge is 0.251 e. The molecular formula is C23H23N5O2. The van der Waals surface area contributed by atoms with Crippen molar-refractivity contribution in [2.24, 2.45) is 0 Å². The van der Waals surface area contributed by atoms with Gasteiger partial charge in [0.2, 0.25) is 5.95 Å². The van der Waals surface area contributed by atoms with Crippen LogP contribution in [0.3, 0.4) is 0 Å². The number of hydrogen-bond donors (Lipinski definition) is 1. The first-order valence-corrected chi connectivity index (χ1v) is 10.1. The molecule has 0 radical (unpaired) electrons. The highest BCUT2D eigenvalue weighted by atomic mass is 16.5. The number of nitrogens with zero attached hydrogens (tertiary/aromatic N) is 4. The van der Waals surface area contributed by atoms with Crippen LogP contribution in [-0.2, 0) is 17.7 Å². The third kappa shape index (κ3) is 4.91. The molecule has 1 saturated heterocycles. The molecule has 2 aromatic heterocycles. The number of ether oxygens (including phenoxy) is 1. The van der Waals surface area contributed by atoms with Gasteiger partial charge in [0.25, 0.3) is 5.56 Å². The summed E-state index contributed by atoms with van der Waals surface area (Å²) in [5.74, 6) is 0.574. The number of aryl methyl sites for hydroxylation is 2. The van der Waals surface area contributed by atoms with Gasteiger partial charge in [-0.05, 0) is 49.1 Å². The number of nitrogens with one attached hydrogen (secondary N) is 1. The summed E-state index contributed by atoms with van der Waals surface area (Å²) < 4.78 is 7.07. The minimum Gasteiger partial charge on any atom is -0.381 e. The lowest BCUT2D eigenvalue weighted by atomic mass is 10.1. The largest absolute Gasteiger partial charge is 0.381 e. The van der Waals surface area contributed by atoms with E-state index in [1.54, 1.807) is 35.2 Å². The van der Waals surface area contributed by atoms with Crippen molar-refractivity contribution in [3.8, 4) is 17.3 Å². The van der Waals surface area contributed by atoms with Gasteiger partial charge >= 0.3 is 0 Å². The van der Waals surface area contributed by atoms with Crippen LogP contribution in [0.1, 0.15) is 24.0 Å². The average molecular weight is 401 g/mol. The molecule has 0 spiro atoms. The molecule has 152 valence electrons. The molecule has 4 rings (SSSR count). The van der Waals surface area contributed by atoms with E-state index in [0.29, 0.717) is 24.1 Å². The molecule has 1 aliphatic rings. The van der Waals surface area contributed by atoms with Crippen molar-refractivity contribution in [2.45, 2.75) is 31.8 Å². The molecule has 30 heavy (non-hydrogen) atoms. The molecule has 0 atom stereocenters. The van der Waals surface area contributed by atoms with Gasteiger partial charge in [-0.3, -0.25) is 4.79 Å². The lowest BCUT2D eigenvalue weighted by molar-refractivity contribution is 0.0903. The molecule has 1 aliphatic heterocycles. The molecule has 1 aromatic carbocycles. The Morgan fingerprint density at radius 2 is 1.97 bits per heavy atom. The zero-order chi connectivity index (χ0) is 20.8. The molecule has 0 bridgehead atoms. The van der Waals surface area contributed by atoms with Crippen LogP contribution in [-0.4, -0.2) is 33.8 Å². The van der Waals surface area contributed by atoms with Gasteiger partial charge in [-0.2, -0.15) is 5.26 Å². The van der Waals surface area contributed by atoms with Crippen LogP contribution < -0.4 is 10.9 Å². The van der Waals surface area contributed by atoms with Crippen molar-refractivity contribution in [3.63, 3.8) is 0 Å². The van der Waals surface area contributed by atoms with E-state index in [1.807, 2.05) is 24.3 Å². The summed E-state index contributed by atoms with van der Waals surface area (Å²) in [5.41, 5.74) is 3.14. The van der Waals surface area contributed by atoms with Crippen LogP contribution in [0.5, 0.6) is 0 Å². The van der Waals surface area contributed by atoms with E-state index in [1.165, 1.54) is 0 Å². The van der Waals surface area contributed by atoms with Crippen LogP contribution in [0.15, 0.2) is 59.7 Å². The maximum absolute atomic E-state index is 12.6. The van der Waals surface area contributed by atoms with E-state index in [0.717, 1.165) is 49.3 Å². The van der Waals surface area contributed by atoms with Crippen LogP contribution in [0.25, 0.3) is 11.3 Å². The van der Waals surface area contributed by atoms with E-state index >= 15 is 0 Å². The summed E-state index contributed by atoms with van der Waals surface area (Å²) in [6.07, 6.45) is 6.10. The van der Waals surface area contributed by atoms with E-state index in [9.17, 15) is 4.79 Å². The fraction of sp³-hybridized carbons (Fsp3) is 0.304. The quantitative estimate of drug-likeness (QED) is 0.683. The highest BCUT2D eigenvalue weighted by molar-refractivity contribution is 5.59. The van der Waals surface area contributed by atoms with Crippen molar-refractivity contribution >= 4 is 5.95 Å². The van der Waals surface area contributed by atoms with Gasteiger partial charge in [0.1, 0.15) is 0 Å². The SMILES string of the molecule is N#Cc1ccc(CCn2ccc(-c3ccnc(NC4CCOCC4)n3)cc2=O)cc1. The van der Waals surface area contributed by atoms with Crippen molar-refractivity contribution in [1.29, 1.82) is 5.26 Å². The number of nitriles is 1. The molecule has 0 saturated carbocycles. The van der Waals surface area contributed by atoms with Gasteiger partial charge in [0.05, 0.1) is 17.3 Å². The lowest BCUT2D eigenvalue weighted by Crippen LogP contribution is -2.28. The standard InChI is InChI=1S/C23H23N5O2/c24-16-18-3-1-17(2-4-18)6-11-28-12-7-19(15-22(28)29)21-5-10-25-23(27-21)26-20-8-13-30-14-9-20/h1-5,7,10,12,15,20H,6,8-9,11,13-14H2,(H,25,26,27). The zero-order valence-corrected chi connectivity index (χ0v) is 16.6. The molecule has 3 heterocycles. The maximum atomic E-state index is 12.6. The monoisotopic (exact) mass is 401 g/mol. The first-order valence-electron chi connectivity index (χ1n) is 10.1. The van der Waals surface area contributed by atoms with E-state index < -0.39 is 0 Å². The third-order valence-electron chi connectivity index (χ3n) is 5.23. The fourth-order valence-electron chi connectivity index (χ4n) is 3.46. The maximum Gasteiger partial charge on any atom is 0.251 e. The highest BCUT2D eigenvalue weighted by Gasteiger charge is 2.15. The molecule has 0 aliphatic carbocycles. The highest BCUT2D eigenvalue weighted by Crippen LogP contribution is 2.18. The summed E-state index contributed by atoms with van der Waals surface area (Å²) >= 11 is 0. The molecule has 0 unspecified atom stereocenters. The van der Waals surface area contributed by atoms with Gasteiger partial charge in [-0.25, -0.2) is 9.97 Å². The number of pyridine rings is 1. The Morgan fingerprint density at radius 3 is 2.70 bits per heavy atom. The molecule has 3 aromatic rings. The molecule has 7 heteroatoms. The normalized spacial score (nSPS) is 14.2.